The van der Waals surface area contributed by atoms with E-state index >= 15 is 0 Å². The number of nitrogens with zero attached hydrogens (tertiary/aromatic N) is 2. The van der Waals surface area contributed by atoms with E-state index in [1.165, 1.54) is 5.57 Å². The fourth-order valence-corrected chi connectivity index (χ4v) is 1.39. The van der Waals surface area contributed by atoms with Gasteiger partial charge >= 0.3 is 0 Å². The lowest BCUT2D eigenvalue weighted by Crippen LogP contribution is -1.95. The van der Waals surface area contributed by atoms with Crippen molar-refractivity contribution in [3.8, 4) is 0 Å². The molecule has 13 heavy (non-hydrogen) atoms. The summed E-state index contributed by atoms with van der Waals surface area (Å²) in [5, 5.41) is 8.19. The maximum Gasteiger partial charge on any atom is 0.0889 e. The minimum absolute atomic E-state index is 0.968. The summed E-state index contributed by atoms with van der Waals surface area (Å²) in [6.07, 6.45) is 8.56. The van der Waals surface area contributed by atoms with E-state index in [1.807, 2.05) is 19.1 Å². The van der Waals surface area contributed by atoms with Crippen LogP contribution in [0, 0.1) is 6.92 Å². The Labute approximate surface area is 78.0 Å². The van der Waals surface area contributed by atoms with E-state index in [2.05, 4.69) is 28.4 Å². The standard InChI is InChI=1S/C11H12N2/c1-9-7-8-11(13-12-9)10-5-3-2-4-6-10/h2-3,5,7-8H,4,6H2,1H3. The highest BCUT2D eigenvalue weighted by Gasteiger charge is 2.04. The summed E-state index contributed by atoms with van der Waals surface area (Å²) >= 11 is 0. The molecule has 0 saturated carbocycles. The largest absolute Gasteiger partial charge is 0.155 e. The van der Waals surface area contributed by atoms with Gasteiger partial charge in [0.1, 0.15) is 0 Å². The molecule has 2 nitrogen and oxygen atoms in total. The molecule has 2 heteroatoms. The zero-order valence-electron chi connectivity index (χ0n) is 7.70. The van der Waals surface area contributed by atoms with Crippen molar-refractivity contribution >= 4 is 5.57 Å². The molecule has 0 bridgehead atoms. The molecule has 66 valence electrons. The smallest absolute Gasteiger partial charge is 0.0889 e. The molecule has 1 aliphatic rings. The first-order valence-electron chi connectivity index (χ1n) is 4.53. The van der Waals surface area contributed by atoms with E-state index in [4.69, 9.17) is 0 Å². The molecule has 0 aliphatic heterocycles. The summed E-state index contributed by atoms with van der Waals surface area (Å²) in [6, 6.07) is 4.04. The first-order chi connectivity index (χ1) is 6.36. The van der Waals surface area contributed by atoms with Crippen LogP contribution >= 0.6 is 0 Å². The molecule has 2 rings (SSSR count). The third-order valence-corrected chi connectivity index (χ3v) is 2.14. The normalized spacial score (nSPS) is 15.6. The number of rotatable bonds is 1. The van der Waals surface area contributed by atoms with E-state index < -0.39 is 0 Å². The Bertz CT molecular complexity index is 347. The van der Waals surface area contributed by atoms with Gasteiger partial charge in [-0.05, 0) is 37.5 Å². The van der Waals surface area contributed by atoms with Crippen molar-refractivity contribution in [2.75, 3.05) is 0 Å². The maximum atomic E-state index is 4.15. The van der Waals surface area contributed by atoms with Crippen LogP contribution in [0.2, 0.25) is 0 Å². The van der Waals surface area contributed by atoms with Crippen LogP contribution in [0.15, 0.2) is 30.4 Å². The van der Waals surface area contributed by atoms with Crippen LogP contribution < -0.4 is 0 Å². The van der Waals surface area contributed by atoms with Crippen molar-refractivity contribution in [3.63, 3.8) is 0 Å². The van der Waals surface area contributed by atoms with Gasteiger partial charge in [-0.2, -0.15) is 10.2 Å². The Morgan fingerprint density at radius 3 is 2.77 bits per heavy atom. The summed E-state index contributed by atoms with van der Waals surface area (Å²) in [7, 11) is 0. The zero-order valence-corrected chi connectivity index (χ0v) is 7.70. The van der Waals surface area contributed by atoms with Gasteiger partial charge in [0.15, 0.2) is 0 Å². The average Bonchev–Trinajstić information content (AvgIpc) is 2.20. The number of allylic oxidation sites excluding steroid dienone is 4. The highest BCUT2D eigenvalue weighted by Crippen LogP contribution is 2.20. The second-order valence-electron chi connectivity index (χ2n) is 3.22. The molecule has 0 fully saturated rings. The molecule has 1 aromatic rings. The van der Waals surface area contributed by atoms with E-state index in [0.29, 0.717) is 0 Å². The molecule has 0 radical (unpaired) electrons. The molecule has 0 unspecified atom stereocenters. The molecular formula is C11H12N2. The van der Waals surface area contributed by atoms with Crippen LogP contribution in [0.4, 0.5) is 0 Å². The van der Waals surface area contributed by atoms with Crippen molar-refractivity contribution < 1.29 is 0 Å². The second-order valence-corrected chi connectivity index (χ2v) is 3.22. The molecule has 0 spiro atoms. The third-order valence-electron chi connectivity index (χ3n) is 2.14. The third kappa shape index (κ3) is 1.83. The van der Waals surface area contributed by atoms with Crippen LogP contribution in [0.1, 0.15) is 24.2 Å². The predicted molar refractivity (Wildman–Crippen MR) is 53.1 cm³/mol. The minimum atomic E-state index is 0.968. The van der Waals surface area contributed by atoms with Gasteiger partial charge in [-0.3, -0.25) is 0 Å². The highest BCUT2D eigenvalue weighted by atomic mass is 15.1. The molecule has 0 atom stereocenters. The van der Waals surface area contributed by atoms with Gasteiger partial charge in [0, 0.05) is 0 Å². The number of aromatic nitrogens is 2. The van der Waals surface area contributed by atoms with Crippen molar-refractivity contribution in [2.45, 2.75) is 19.8 Å². The molecule has 1 aromatic heterocycles. The monoisotopic (exact) mass is 172 g/mol. The van der Waals surface area contributed by atoms with Gasteiger partial charge in [0.25, 0.3) is 0 Å². The van der Waals surface area contributed by atoms with E-state index in [0.717, 1.165) is 24.2 Å². The summed E-state index contributed by atoms with van der Waals surface area (Å²) in [5.74, 6) is 0. The maximum absolute atomic E-state index is 4.15. The molecule has 0 saturated heterocycles. The van der Waals surface area contributed by atoms with Crippen molar-refractivity contribution in [1.29, 1.82) is 0 Å². The zero-order chi connectivity index (χ0) is 9.10. The number of aryl methyl sites for hydroxylation is 1. The lowest BCUT2D eigenvalue weighted by atomic mass is 10.0. The van der Waals surface area contributed by atoms with Gasteiger partial charge < -0.3 is 0 Å². The number of hydrogen-bond acceptors (Lipinski definition) is 2. The highest BCUT2D eigenvalue weighted by molar-refractivity contribution is 5.65. The van der Waals surface area contributed by atoms with Gasteiger partial charge in [-0.15, -0.1) is 0 Å². The second kappa shape index (κ2) is 3.52. The minimum Gasteiger partial charge on any atom is -0.155 e. The van der Waals surface area contributed by atoms with Crippen LogP contribution in [0.5, 0.6) is 0 Å². The molecular weight excluding hydrogens is 160 g/mol. The Morgan fingerprint density at radius 1 is 1.23 bits per heavy atom. The van der Waals surface area contributed by atoms with Gasteiger partial charge in [-0.1, -0.05) is 18.2 Å². The summed E-state index contributed by atoms with van der Waals surface area (Å²) in [5.41, 5.74) is 3.26. The summed E-state index contributed by atoms with van der Waals surface area (Å²) < 4.78 is 0. The Morgan fingerprint density at radius 2 is 2.15 bits per heavy atom. The topological polar surface area (TPSA) is 25.8 Å². The van der Waals surface area contributed by atoms with Gasteiger partial charge in [0.2, 0.25) is 0 Å². The van der Waals surface area contributed by atoms with Crippen molar-refractivity contribution in [2.24, 2.45) is 0 Å². The fraction of sp³-hybridized carbons (Fsp3) is 0.273. The number of hydrogen-bond donors (Lipinski definition) is 0. The SMILES string of the molecule is Cc1ccc(C2=CC=CCC2)nn1. The molecule has 1 aliphatic carbocycles. The van der Waals surface area contributed by atoms with E-state index in [9.17, 15) is 0 Å². The lowest BCUT2D eigenvalue weighted by Gasteiger charge is -2.06. The average molecular weight is 172 g/mol. The fourth-order valence-electron chi connectivity index (χ4n) is 1.39. The summed E-state index contributed by atoms with van der Waals surface area (Å²) in [6.45, 7) is 1.95. The van der Waals surface area contributed by atoms with Gasteiger partial charge in [0.05, 0.1) is 11.4 Å². The van der Waals surface area contributed by atoms with Crippen LogP contribution in [-0.4, -0.2) is 10.2 Å². The molecule has 0 N–H and O–H groups in total. The van der Waals surface area contributed by atoms with Gasteiger partial charge in [-0.25, -0.2) is 0 Å². The van der Waals surface area contributed by atoms with E-state index in [1.54, 1.807) is 0 Å². The summed E-state index contributed by atoms with van der Waals surface area (Å²) in [4.78, 5) is 0. The molecule has 0 amide bonds. The molecule has 0 aromatic carbocycles. The van der Waals surface area contributed by atoms with Crippen molar-refractivity contribution in [1.82, 2.24) is 10.2 Å². The Balaban J connectivity index is 2.30. The quantitative estimate of drug-likeness (QED) is 0.650. The van der Waals surface area contributed by atoms with Crippen LogP contribution in [0.25, 0.3) is 5.57 Å². The Hall–Kier alpha value is -1.44. The van der Waals surface area contributed by atoms with Crippen LogP contribution in [-0.2, 0) is 0 Å². The molecule has 1 heterocycles. The first-order valence-corrected chi connectivity index (χ1v) is 4.53. The predicted octanol–water partition coefficient (Wildman–Crippen LogP) is 2.52. The van der Waals surface area contributed by atoms with Crippen LogP contribution in [0.3, 0.4) is 0 Å². The van der Waals surface area contributed by atoms with Crippen molar-refractivity contribution in [3.05, 3.63) is 41.7 Å². The first kappa shape index (κ1) is 8.17. The Kier molecular flexibility index (Phi) is 2.21. The lowest BCUT2D eigenvalue weighted by molar-refractivity contribution is 0.942. The van der Waals surface area contributed by atoms with E-state index in [-0.39, 0.29) is 0 Å².